The Kier molecular flexibility index (Phi) is 6.77. The molecule has 1 amide bonds. The number of carbonyl (C=O) groups excluding carboxylic acids is 1. The number of rotatable bonds is 5. The summed E-state index contributed by atoms with van der Waals surface area (Å²) in [6.45, 7) is 1.51. The summed E-state index contributed by atoms with van der Waals surface area (Å²) in [5.41, 5.74) is 0.890. The Balaban J connectivity index is 1.39. The third kappa shape index (κ3) is 5.36. The Morgan fingerprint density at radius 1 is 1.23 bits per heavy atom. The molecule has 1 atom stereocenters. The second-order valence-corrected chi connectivity index (χ2v) is 8.58. The highest BCUT2D eigenvalue weighted by molar-refractivity contribution is 6.42. The maximum Gasteiger partial charge on any atom is 0.238 e. The Labute approximate surface area is 193 Å². The van der Waals surface area contributed by atoms with Crippen LogP contribution in [0, 0.1) is 5.82 Å². The molecule has 1 aromatic heterocycles. The fourth-order valence-corrected chi connectivity index (χ4v) is 4.50. The Hall–Kier alpha value is -2.19. The average Bonchev–Trinajstić information content (AvgIpc) is 3.21. The molecular weight excluding hydrogens is 466 g/mol. The summed E-state index contributed by atoms with van der Waals surface area (Å²) in [5.74, 6) is 0.209. The predicted octanol–water partition coefficient (Wildman–Crippen LogP) is 5.65. The van der Waals surface area contributed by atoms with Gasteiger partial charge in [0.05, 0.1) is 28.2 Å². The maximum absolute atomic E-state index is 13.5. The highest BCUT2D eigenvalue weighted by Gasteiger charge is 2.27. The number of aromatic nitrogens is 2. The molecule has 162 valence electrons. The predicted molar refractivity (Wildman–Crippen MR) is 118 cm³/mol. The van der Waals surface area contributed by atoms with Crippen molar-refractivity contribution < 1.29 is 13.7 Å². The highest BCUT2D eigenvalue weighted by Crippen LogP contribution is 2.34. The summed E-state index contributed by atoms with van der Waals surface area (Å²) < 4.78 is 18.9. The number of nitrogens with zero attached hydrogens (tertiary/aromatic N) is 3. The van der Waals surface area contributed by atoms with Crippen LogP contribution >= 0.6 is 34.8 Å². The van der Waals surface area contributed by atoms with Crippen LogP contribution in [0.4, 0.5) is 10.1 Å². The molecule has 1 aliphatic heterocycles. The second-order valence-electron chi connectivity index (χ2n) is 7.33. The molecule has 1 fully saturated rings. The van der Waals surface area contributed by atoms with E-state index in [4.69, 9.17) is 39.3 Å². The van der Waals surface area contributed by atoms with Crippen molar-refractivity contribution in [2.75, 3.05) is 25.0 Å². The number of hydrogen-bond donors (Lipinski definition) is 1. The molecule has 1 saturated heterocycles. The van der Waals surface area contributed by atoms with E-state index in [9.17, 15) is 9.18 Å². The molecule has 2 heterocycles. The van der Waals surface area contributed by atoms with Crippen molar-refractivity contribution in [3.8, 4) is 11.4 Å². The minimum Gasteiger partial charge on any atom is -0.339 e. The number of halogens is 4. The highest BCUT2D eigenvalue weighted by atomic mass is 35.5. The van der Waals surface area contributed by atoms with Crippen LogP contribution in [-0.4, -0.2) is 40.6 Å². The lowest BCUT2D eigenvalue weighted by Crippen LogP contribution is -2.39. The van der Waals surface area contributed by atoms with Crippen LogP contribution in [-0.2, 0) is 4.79 Å². The van der Waals surface area contributed by atoms with Gasteiger partial charge < -0.3 is 9.84 Å². The molecule has 31 heavy (non-hydrogen) atoms. The van der Waals surface area contributed by atoms with Crippen LogP contribution in [0.25, 0.3) is 11.4 Å². The first kappa shape index (κ1) is 22.0. The largest absolute Gasteiger partial charge is 0.339 e. The molecule has 0 saturated carbocycles. The summed E-state index contributed by atoms with van der Waals surface area (Å²) in [6, 6.07) is 9.09. The van der Waals surface area contributed by atoms with Crippen molar-refractivity contribution in [1.29, 1.82) is 0 Å². The van der Waals surface area contributed by atoms with Gasteiger partial charge in [0.15, 0.2) is 0 Å². The first-order chi connectivity index (χ1) is 14.9. The first-order valence-electron chi connectivity index (χ1n) is 9.65. The zero-order valence-electron chi connectivity index (χ0n) is 16.2. The van der Waals surface area contributed by atoms with Crippen molar-refractivity contribution in [2.45, 2.75) is 18.8 Å². The Morgan fingerprint density at radius 3 is 2.74 bits per heavy atom. The smallest absolute Gasteiger partial charge is 0.238 e. The molecule has 0 spiro atoms. The van der Waals surface area contributed by atoms with Gasteiger partial charge in [-0.1, -0.05) is 52.1 Å². The van der Waals surface area contributed by atoms with E-state index in [0.29, 0.717) is 34.5 Å². The van der Waals surface area contributed by atoms with E-state index in [2.05, 4.69) is 15.5 Å². The summed E-state index contributed by atoms with van der Waals surface area (Å²) in [4.78, 5) is 19.0. The van der Waals surface area contributed by atoms with E-state index >= 15 is 0 Å². The van der Waals surface area contributed by atoms with E-state index in [0.717, 1.165) is 19.4 Å². The molecule has 10 heteroatoms. The SMILES string of the molecule is O=C(CN1CCCC(c2nc(-c3cccc(F)c3)no2)C1)Nc1c(Cl)cc(Cl)cc1Cl. The number of hydrogen-bond acceptors (Lipinski definition) is 5. The monoisotopic (exact) mass is 482 g/mol. The maximum atomic E-state index is 13.5. The molecule has 1 unspecified atom stereocenters. The van der Waals surface area contributed by atoms with Crippen molar-refractivity contribution >= 4 is 46.4 Å². The fourth-order valence-electron chi connectivity index (χ4n) is 3.59. The van der Waals surface area contributed by atoms with Crippen LogP contribution in [0.5, 0.6) is 0 Å². The zero-order chi connectivity index (χ0) is 22.0. The quantitative estimate of drug-likeness (QED) is 0.507. The number of likely N-dealkylation sites (tertiary alicyclic amines) is 1. The van der Waals surface area contributed by atoms with Crippen LogP contribution < -0.4 is 5.32 Å². The summed E-state index contributed by atoms with van der Waals surface area (Å²) >= 11 is 18.2. The topological polar surface area (TPSA) is 71.3 Å². The second kappa shape index (κ2) is 9.53. The molecule has 0 aliphatic carbocycles. The lowest BCUT2D eigenvalue weighted by molar-refractivity contribution is -0.117. The Bertz CT molecular complexity index is 1080. The van der Waals surface area contributed by atoms with Gasteiger partial charge in [0.25, 0.3) is 0 Å². The molecule has 1 N–H and O–H groups in total. The standard InChI is InChI=1S/C21H18Cl3FN4O2/c22-14-8-16(23)19(17(24)9-14)26-18(30)11-29-6-2-4-13(10-29)21-27-20(28-31-21)12-3-1-5-15(25)7-12/h1,3,5,7-9,13H,2,4,6,10-11H2,(H,26,30). The van der Waals surface area contributed by atoms with Gasteiger partial charge >= 0.3 is 0 Å². The average molecular weight is 484 g/mol. The molecule has 4 rings (SSSR count). The van der Waals surface area contributed by atoms with Crippen molar-refractivity contribution in [3.63, 3.8) is 0 Å². The van der Waals surface area contributed by atoms with Crippen LogP contribution in [0.2, 0.25) is 15.1 Å². The van der Waals surface area contributed by atoms with E-state index in [-0.39, 0.29) is 34.2 Å². The third-order valence-electron chi connectivity index (χ3n) is 5.02. The molecule has 0 bridgehead atoms. The molecular formula is C21H18Cl3FN4O2. The number of carbonyl (C=O) groups is 1. The fraction of sp³-hybridized carbons (Fsp3) is 0.286. The van der Waals surface area contributed by atoms with E-state index in [1.807, 2.05) is 4.90 Å². The lowest BCUT2D eigenvalue weighted by atomic mass is 9.98. The van der Waals surface area contributed by atoms with Gasteiger partial charge in [0.1, 0.15) is 5.82 Å². The number of amides is 1. The summed E-state index contributed by atoms with van der Waals surface area (Å²) in [5, 5.41) is 7.67. The van der Waals surface area contributed by atoms with E-state index in [1.165, 1.54) is 24.3 Å². The van der Waals surface area contributed by atoms with Crippen LogP contribution in [0.15, 0.2) is 40.9 Å². The number of anilines is 1. The summed E-state index contributed by atoms with van der Waals surface area (Å²) in [7, 11) is 0. The minimum absolute atomic E-state index is 0.0148. The Morgan fingerprint density at radius 2 is 2.00 bits per heavy atom. The van der Waals surface area contributed by atoms with E-state index in [1.54, 1.807) is 12.1 Å². The first-order valence-corrected chi connectivity index (χ1v) is 10.8. The molecule has 6 nitrogen and oxygen atoms in total. The summed E-state index contributed by atoms with van der Waals surface area (Å²) in [6.07, 6.45) is 1.73. The third-order valence-corrected chi connectivity index (χ3v) is 5.83. The minimum atomic E-state index is -0.361. The number of nitrogens with one attached hydrogen (secondary N) is 1. The van der Waals surface area contributed by atoms with Crippen LogP contribution in [0.1, 0.15) is 24.7 Å². The molecule has 1 aliphatic rings. The number of piperidine rings is 1. The van der Waals surface area contributed by atoms with Crippen molar-refractivity contribution in [1.82, 2.24) is 15.0 Å². The molecule has 3 aromatic rings. The van der Waals surface area contributed by atoms with Gasteiger partial charge in [-0.2, -0.15) is 4.98 Å². The lowest BCUT2D eigenvalue weighted by Gasteiger charge is -2.30. The zero-order valence-corrected chi connectivity index (χ0v) is 18.5. The van der Waals surface area contributed by atoms with Crippen LogP contribution in [0.3, 0.4) is 0 Å². The van der Waals surface area contributed by atoms with Gasteiger partial charge in [-0.05, 0) is 43.7 Å². The van der Waals surface area contributed by atoms with Gasteiger partial charge in [-0.25, -0.2) is 4.39 Å². The van der Waals surface area contributed by atoms with E-state index < -0.39 is 0 Å². The van der Waals surface area contributed by atoms with Crippen molar-refractivity contribution in [3.05, 3.63) is 63.2 Å². The van der Waals surface area contributed by atoms with Crippen molar-refractivity contribution in [2.24, 2.45) is 0 Å². The number of benzene rings is 2. The normalized spacial score (nSPS) is 17.0. The van der Waals surface area contributed by atoms with Gasteiger partial charge in [0, 0.05) is 17.1 Å². The van der Waals surface area contributed by atoms with Gasteiger partial charge in [-0.15, -0.1) is 0 Å². The molecule has 2 aromatic carbocycles. The van der Waals surface area contributed by atoms with Gasteiger partial charge in [0.2, 0.25) is 17.6 Å². The van der Waals surface area contributed by atoms with Gasteiger partial charge in [-0.3, -0.25) is 9.69 Å². The molecule has 0 radical (unpaired) electrons.